The van der Waals surface area contributed by atoms with Crippen LogP contribution in [0.15, 0.2) is 0 Å². The first-order valence-corrected chi connectivity index (χ1v) is 7.02. The smallest absolute Gasteiger partial charge is 0.315 e. The van der Waals surface area contributed by atoms with E-state index in [9.17, 15) is 9.59 Å². The quantitative estimate of drug-likeness (QED) is 0.477. The van der Waals surface area contributed by atoms with E-state index in [2.05, 4.69) is 16.6 Å². The summed E-state index contributed by atoms with van der Waals surface area (Å²) in [6, 6.07) is -0.294. The van der Waals surface area contributed by atoms with E-state index in [4.69, 9.17) is 11.5 Å². The number of hydrogen-bond acceptors (Lipinski definition) is 3. The minimum atomic E-state index is -0.875. The Morgan fingerprint density at radius 1 is 1.44 bits per heavy atom. The van der Waals surface area contributed by atoms with Crippen LogP contribution >= 0.6 is 11.8 Å². The zero-order chi connectivity index (χ0) is 13.4. The number of rotatable bonds is 7. The minimum Gasteiger partial charge on any atom is -0.481 e. The Hall–Kier alpha value is -1.35. The van der Waals surface area contributed by atoms with Gasteiger partial charge in [-0.05, 0) is 19.3 Å². The van der Waals surface area contributed by atoms with Crippen molar-refractivity contribution in [3.8, 4) is 12.3 Å². The van der Waals surface area contributed by atoms with Crippen LogP contribution in [0, 0.1) is 12.3 Å². The lowest BCUT2D eigenvalue weighted by Crippen LogP contribution is -2.57. The van der Waals surface area contributed by atoms with Crippen molar-refractivity contribution < 1.29 is 14.7 Å². The molecular weight excluding hydrogens is 252 g/mol. The first kappa shape index (κ1) is 14.7. The van der Waals surface area contributed by atoms with Crippen molar-refractivity contribution in [3.63, 3.8) is 0 Å². The summed E-state index contributed by atoms with van der Waals surface area (Å²) < 4.78 is 0. The first-order chi connectivity index (χ1) is 8.58. The number of amides is 2. The summed E-state index contributed by atoms with van der Waals surface area (Å²) in [5.41, 5.74) is -0.540. The lowest BCUT2D eigenvalue weighted by Gasteiger charge is -2.41. The molecule has 0 unspecified atom stereocenters. The van der Waals surface area contributed by atoms with E-state index in [1.54, 1.807) is 11.8 Å². The van der Waals surface area contributed by atoms with Crippen LogP contribution < -0.4 is 10.6 Å². The maximum Gasteiger partial charge on any atom is 0.315 e. The van der Waals surface area contributed by atoms with Gasteiger partial charge in [0.05, 0.1) is 17.7 Å². The average molecular weight is 270 g/mol. The summed E-state index contributed by atoms with van der Waals surface area (Å²) >= 11 is 1.57. The molecule has 0 aromatic rings. The van der Waals surface area contributed by atoms with Gasteiger partial charge in [0, 0.05) is 12.3 Å². The Labute approximate surface area is 111 Å². The third kappa shape index (κ3) is 4.88. The molecule has 2 amide bonds. The van der Waals surface area contributed by atoms with Crippen LogP contribution in [-0.2, 0) is 4.79 Å². The molecule has 1 saturated carbocycles. The van der Waals surface area contributed by atoms with E-state index >= 15 is 0 Å². The number of terminal acetylenes is 1. The second-order valence-electron chi connectivity index (χ2n) is 4.34. The molecule has 5 nitrogen and oxygen atoms in total. The molecule has 1 fully saturated rings. The molecule has 0 aliphatic heterocycles. The number of aliphatic carboxylic acids is 1. The minimum absolute atomic E-state index is 0.00768. The van der Waals surface area contributed by atoms with Gasteiger partial charge in [-0.15, -0.1) is 18.2 Å². The van der Waals surface area contributed by atoms with Crippen LogP contribution in [0.2, 0.25) is 0 Å². The Bertz CT molecular complexity index is 348. The van der Waals surface area contributed by atoms with Gasteiger partial charge in [0.2, 0.25) is 0 Å². The lowest BCUT2D eigenvalue weighted by atomic mass is 9.74. The number of carbonyl (C=O) groups excluding carboxylic acids is 1. The molecule has 0 aromatic carbocycles. The molecule has 6 heteroatoms. The zero-order valence-corrected chi connectivity index (χ0v) is 11.0. The van der Waals surface area contributed by atoms with Gasteiger partial charge < -0.3 is 15.7 Å². The van der Waals surface area contributed by atoms with Crippen molar-refractivity contribution >= 4 is 23.8 Å². The number of hydrogen-bond donors (Lipinski definition) is 3. The molecule has 0 radical (unpaired) electrons. The summed E-state index contributed by atoms with van der Waals surface area (Å²) in [7, 11) is 0. The van der Waals surface area contributed by atoms with E-state index in [0.717, 1.165) is 25.0 Å². The lowest BCUT2D eigenvalue weighted by molar-refractivity contribution is -0.139. The SMILES string of the molecule is C#CCSCCNC(=O)NC1(CC(=O)O)CCC1. The Morgan fingerprint density at radius 2 is 2.17 bits per heavy atom. The number of urea groups is 1. The molecule has 0 heterocycles. The van der Waals surface area contributed by atoms with Crippen LogP contribution in [0.1, 0.15) is 25.7 Å². The standard InChI is InChI=1S/C12H18N2O3S/c1-2-7-18-8-6-13-11(17)14-12(4-3-5-12)9-10(15)16/h1H,3-9H2,(H,15,16)(H2,13,14,17). The van der Waals surface area contributed by atoms with Gasteiger partial charge in [-0.2, -0.15) is 0 Å². The van der Waals surface area contributed by atoms with Crippen molar-refractivity contribution in [2.45, 2.75) is 31.2 Å². The van der Waals surface area contributed by atoms with Gasteiger partial charge in [0.15, 0.2) is 0 Å². The van der Waals surface area contributed by atoms with Gasteiger partial charge in [-0.3, -0.25) is 4.79 Å². The molecule has 3 N–H and O–H groups in total. The second-order valence-corrected chi connectivity index (χ2v) is 5.45. The first-order valence-electron chi connectivity index (χ1n) is 5.87. The molecule has 1 aliphatic rings. The summed E-state index contributed by atoms with van der Waals surface area (Å²) in [4.78, 5) is 22.3. The molecule has 0 bridgehead atoms. The molecule has 0 spiro atoms. The number of carboxylic acids is 1. The van der Waals surface area contributed by atoms with Crippen LogP contribution in [0.4, 0.5) is 4.79 Å². The second kappa shape index (κ2) is 7.17. The van der Waals surface area contributed by atoms with Gasteiger partial charge in [0.1, 0.15) is 0 Å². The highest BCUT2D eigenvalue weighted by Crippen LogP contribution is 2.34. The van der Waals surface area contributed by atoms with Crippen molar-refractivity contribution in [2.75, 3.05) is 18.1 Å². The number of carboxylic acid groups (broad SMARTS) is 1. The van der Waals surface area contributed by atoms with Crippen molar-refractivity contribution in [1.29, 1.82) is 0 Å². The Kier molecular flexibility index (Phi) is 5.86. The van der Waals surface area contributed by atoms with E-state index in [1.807, 2.05) is 0 Å². The summed E-state index contributed by atoms with van der Waals surface area (Å²) in [6.07, 6.45) is 7.53. The molecule has 0 atom stereocenters. The third-order valence-corrected chi connectivity index (χ3v) is 3.76. The zero-order valence-electron chi connectivity index (χ0n) is 10.2. The fraction of sp³-hybridized carbons (Fsp3) is 0.667. The monoisotopic (exact) mass is 270 g/mol. The summed E-state index contributed by atoms with van der Waals surface area (Å²) in [5.74, 6) is 3.01. The maximum absolute atomic E-state index is 11.6. The predicted octanol–water partition coefficient (Wildman–Crippen LogP) is 1.05. The van der Waals surface area contributed by atoms with Crippen LogP contribution in [-0.4, -0.2) is 40.7 Å². The Balaban J connectivity index is 2.22. The molecule has 100 valence electrons. The fourth-order valence-electron chi connectivity index (χ4n) is 1.89. The predicted molar refractivity (Wildman–Crippen MR) is 71.5 cm³/mol. The molecule has 1 rings (SSSR count). The summed E-state index contributed by atoms with van der Waals surface area (Å²) in [6.45, 7) is 0.529. The van der Waals surface area contributed by atoms with Crippen LogP contribution in [0.25, 0.3) is 0 Å². The summed E-state index contributed by atoms with van der Waals surface area (Å²) in [5, 5.41) is 14.3. The highest BCUT2D eigenvalue weighted by atomic mass is 32.2. The molecule has 0 aromatic heterocycles. The molecule has 0 saturated heterocycles. The van der Waals surface area contributed by atoms with Gasteiger partial charge >= 0.3 is 12.0 Å². The van der Waals surface area contributed by atoms with E-state index in [-0.39, 0.29) is 12.5 Å². The van der Waals surface area contributed by atoms with Gasteiger partial charge in [-0.1, -0.05) is 5.92 Å². The molecule has 1 aliphatic carbocycles. The fourth-order valence-corrected chi connectivity index (χ4v) is 2.40. The topological polar surface area (TPSA) is 78.4 Å². The maximum atomic E-state index is 11.6. The number of thioether (sulfide) groups is 1. The number of carbonyl (C=O) groups is 2. The van der Waals surface area contributed by atoms with Crippen LogP contribution in [0.5, 0.6) is 0 Å². The van der Waals surface area contributed by atoms with E-state index in [1.165, 1.54) is 0 Å². The highest BCUT2D eigenvalue weighted by Gasteiger charge is 2.40. The van der Waals surface area contributed by atoms with E-state index < -0.39 is 11.5 Å². The third-order valence-electron chi connectivity index (χ3n) is 2.90. The Morgan fingerprint density at radius 3 is 2.67 bits per heavy atom. The van der Waals surface area contributed by atoms with Crippen molar-refractivity contribution in [1.82, 2.24) is 10.6 Å². The van der Waals surface area contributed by atoms with Crippen molar-refractivity contribution in [3.05, 3.63) is 0 Å². The van der Waals surface area contributed by atoms with Gasteiger partial charge in [-0.25, -0.2) is 4.79 Å². The van der Waals surface area contributed by atoms with E-state index in [0.29, 0.717) is 12.3 Å². The van der Waals surface area contributed by atoms with Crippen LogP contribution in [0.3, 0.4) is 0 Å². The largest absolute Gasteiger partial charge is 0.481 e. The average Bonchev–Trinajstić information content (AvgIpc) is 2.25. The number of nitrogens with one attached hydrogen (secondary N) is 2. The highest BCUT2D eigenvalue weighted by molar-refractivity contribution is 7.99. The molecular formula is C12H18N2O3S. The molecule has 18 heavy (non-hydrogen) atoms. The van der Waals surface area contributed by atoms with Gasteiger partial charge in [0.25, 0.3) is 0 Å². The van der Waals surface area contributed by atoms with Crippen molar-refractivity contribution in [2.24, 2.45) is 0 Å². The normalized spacial score (nSPS) is 16.2.